The Hall–Kier alpha value is -3.00. The number of aromatic amines is 1. The van der Waals surface area contributed by atoms with Gasteiger partial charge in [0.1, 0.15) is 17.5 Å². The molecule has 0 saturated heterocycles. The minimum absolute atomic E-state index is 0.0291. The van der Waals surface area contributed by atoms with Crippen LogP contribution in [0.1, 0.15) is 12.5 Å². The summed E-state index contributed by atoms with van der Waals surface area (Å²) in [6.45, 7) is 1.94. The number of amides is 1. The Bertz CT molecular complexity index is 1000. The molecule has 0 aliphatic carbocycles. The summed E-state index contributed by atoms with van der Waals surface area (Å²) in [5, 5.41) is 11.8. The minimum Gasteiger partial charge on any atom is -0.449 e. The number of H-pyrrole nitrogens is 1. The van der Waals surface area contributed by atoms with Crippen molar-refractivity contribution in [2.45, 2.75) is 13.3 Å². The van der Waals surface area contributed by atoms with Crippen molar-refractivity contribution in [3.05, 3.63) is 59.4 Å². The maximum absolute atomic E-state index is 14.2. The predicted octanol–water partition coefficient (Wildman–Crippen LogP) is 4.15. The van der Waals surface area contributed by atoms with Gasteiger partial charge in [0, 0.05) is 36.7 Å². The predicted molar refractivity (Wildman–Crippen MR) is 103 cm³/mol. The van der Waals surface area contributed by atoms with Crippen LogP contribution in [0, 0.1) is 23.4 Å². The highest BCUT2D eigenvalue weighted by molar-refractivity contribution is 5.91. The maximum Gasteiger partial charge on any atom is 0.407 e. The molecular formula is C21H21F3N2O3. The first-order chi connectivity index (χ1) is 13.9. The van der Waals surface area contributed by atoms with E-state index in [0.29, 0.717) is 22.2 Å². The third kappa shape index (κ3) is 4.89. The Balaban J connectivity index is 1.84. The highest BCUT2D eigenvalue weighted by atomic mass is 19.1. The molecule has 3 aromatic rings. The molecule has 0 aliphatic rings. The zero-order valence-corrected chi connectivity index (χ0v) is 15.8. The Morgan fingerprint density at radius 1 is 1.17 bits per heavy atom. The van der Waals surface area contributed by atoms with Crippen molar-refractivity contribution in [2.24, 2.45) is 5.92 Å². The summed E-state index contributed by atoms with van der Waals surface area (Å²) >= 11 is 0. The molecule has 0 aliphatic heterocycles. The normalized spacial score (nSPS) is 12.2. The highest BCUT2D eigenvalue weighted by Gasteiger charge is 2.18. The molecule has 154 valence electrons. The molecule has 0 fully saturated rings. The van der Waals surface area contributed by atoms with E-state index in [1.165, 1.54) is 30.3 Å². The Morgan fingerprint density at radius 2 is 1.90 bits per heavy atom. The van der Waals surface area contributed by atoms with Gasteiger partial charge < -0.3 is 20.1 Å². The van der Waals surface area contributed by atoms with E-state index in [4.69, 9.17) is 9.84 Å². The third-order valence-corrected chi connectivity index (χ3v) is 4.56. The average Bonchev–Trinajstić information content (AvgIpc) is 3.05. The first kappa shape index (κ1) is 20.7. The molecule has 0 spiro atoms. The standard InChI is InChI=1S/C21H21F3N2O3/c1-12(11-27)10-25-21(28)29-7-6-16-17-8-15(23)9-18(24)20(17)26-19(16)13-2-4-14(22)5-3-13/h2-5,8-9,12,26-27H,6-7,10-11H2,1H3,(H,25,28). The lowest BCUT2D eigenvalue weighted by molar-refractivity contribution is 0.143. The first-order valence-electron chi connectivity index (χ1n) is 9.16. The van der Waals surface area contributed by atoms with Crippen molar-refractivity contribution in [3.8, 4) is 11.3 Å². The molecule has 0 bridgehead atoms. The van der Waals surface area contributed by atoms with Crippen LogP contribution in [0.15, 0.2) is 36.4 Å². The van der Waals surface area contributed by atoms with Crippen LogP contribution >= 0.6 is 0 Å². The number of aromatic nitrogens is 1. The lowest BCUT2D eigenvalue weighted by Gasteiger charge is -2.11. The van der Waals surface area contributed by atoms with Crippen molar-refractivity contribution in [1.82, 2.24) is 10.3 Å². The molecule has 1 amide bonds. The smallest absolute Gasteiger partial charge is 0.407 e. The van der Waals surface area contributed by atoms with Gasteiger partial charge in [0.25, 0.3) is 0 Å². The Labute approximate surface area is 165 Å². The van der Waals surface area contributed by atoms with Crippen molar-refractivity contribution in [1.29, 1.82) is 0 Å². The number of carbonyl (C=O) groups excluding carboxylic acids is 1. The van der Waals surface area contributed by atoms with Crippen LogP contribution in [0.5, 0.6) is 0 Å². The van der Waals surface area contributed by atoms with E-state index in [1.54, 1.807) is 6.92 Å². The van der Waals surface area contributed by atoms with Crippen LogP contribution in [0.25, 0.3) is 22.2 Å². The zero-order chi connectivity index (χ0) is 21.0. The van der Waals surface area contributed by atoms with Crippen LogP contribution in [0.3, 0.4) is 0 Å². The zero-order valence-electron chi connectivity index (χ0n) is 15.8. The van der Waals surface area contributed by atoms with E-state index in [1.807, 2.05) is 0 Å². The fraction of sp³-hybridized carbons (Fsp3) is 0.286. The summed E-state index contributed by atoms with van der Waals surface area (Å²) in [5.74, 6) is -1.99. The second-order valence-corrected chi connectivity index (χ2v) is 6.85. The second-order valence-electron chi connectivity index (χ2n) is 6.85. The summed E-state index contributed by atoms with van der Waals surface area (Å²) in [6.07, 6.45) is -0.454. The quantitative estimate of drug-likeness (QED) is 0.552. The molecule has 1 atom stereocenters. The molecular weight excluding hydrogens is 385 g/mol. The maximum atomic E-state index is 14.2. The van der Waals surface area contributed by atoms with E-state index < -0.39 is 23.5 Å². The van der Waals surface area contributed by atoms with Crippen molar-refractivity contribution < 1.29 is 27.8 Å². The van der Waals surface area contributed by atoms with Gasteiger partial charge in [-0.3, -0.25) is 0 Å². The molecule has 3 rings (SSSR count). The van der Waals surface area contributed by atoms with Gasteiger partial charge in [0.05, 0.1) is 12.1 Å². The Kier molecular flexibility index (Phi) is 6.43. The molecule has 1 heterocycles. The fourth-order valence-electron chi connectivity index (χ4n) is 3.02. The number of nitrogens with one attached hydrogen (secondary N) is 2. The number of benzene rings is 2. The van der Waals surface area contributed by atoms with E-state index in [9.17, 15) is 18.0 Å². The van der Waals surface area contributed by atoms with Crippen LogP contribution in [0.2, 0.25) is 0 Å². The third-order valence-electron chi connectivity index (χ3n) is 4.56. The van der Waals surface area contributed by atoms with Gasteiger partial charge >= 0.3 is 6.09 Å². The van der Waals surface area contributed by atoms with E-state index in [0.717, 1.165) is 6.07 Å². The molecule has 5 nitrogen and oxygen atoms in total. The lowest BCUT2D eigenvalue weighted by atomic mass is 10.0. The monoisotopic (exact) mass is 406 g/mol. The average molecular weight is 406 g/mol. The van der Waals surface area contributed by atoms with E-state index in [2.05, 4.69) is 10.3 Å². The van der Waals surface area contributed by atoms with E-state index >= 15 is 0 Å². The van der Waals surface area contributed by atoms with Gasteiger partial charge in [0.2, 0.25) is 0 Å². The lowest BCUT2D eigenvalue weighted by Crippen LogP contribution is -2.30. The molecule has 1 aromatic heterocycles. The molecule has 3 N–H and O–H groups in total. The number of halogens is 3. The number of fused-ring (bicyclic) bond motifs is 1. The summed E-state index contributed by atoms with van der Waals surface area (Å²) in [7, 11) is 0. The molecule has 2 aromatic carbocycles. The topological polar surface area (TPSA) is 74.3 Å². The largest absolute Gasteiger partial charge is 0.449 e. The molecule has 0 radical (unpaired) electrons. The van der Waals surface area contributed by atoms with Gasteiger partial charge in [-0.25, -0.2) is 18.0 Å². The van der Waals surface area contributed by atoms with Gasteiger partial charge in [-0.1, -0.05) is 6.92 Å². The summed E-state index contributed by atoms with van der Waals surface area (Å²) < 4.78 is 46.4. The summed E-state index contributed by atoms with van der Waals surface area (Å²) in [5.41, 5.74) is 1.78. The van der Waals surface area contributed by atoms with E-state index in [-0.39, 0.29) is 37.6 Å². The second kappa shape index (κ2) is 9.00. The first-order valence-corrected chi connectivity index (χ1v) is 9.16. The van der Waals surface area contributed by atoms with Crippen molar-refractivity contribution >= 4 is 17.0 Å². The molecule has 29 heavy (non-hydrogen) atoms. The SMILES string of the molecule is CC(CO)CNC(=O)OCCc1c(-c2ccc(F)cc2)[nH]c2c(F)cc(F)cc12. The van der Waals surface area contributed by atoms with Gasteiger partial charge in [0.15, 0.2) is 0 Å². The molecule has 1 unspecified atom stereocenters. The highest BCUT2D eigenvalue weighted by Crippen LogP contribution is 2.32. The van der Waals surface area contributed by atoms with Crippen LogP contribution < -0.4 is 5.32 Å². The van der Waals surface area contributed by atoms with Gasteiger partial charge in [-0.2, -0.15) is 0 Å². The Morgan fingerprint density at radius 3 is 2.59 bits per heavy atom. The van der Waals surface area contributed by atoms with Crippen molar-refractivity contribution in [2.75, 3.05) is 19.8 Å². The van der Waals surface area contributed by atoms with Crippen LogP contribution in [-0.2, 0) is 11.2 Å². The van der Waals surface area contributed by atoms with Crippen LogP contribution in [0.4, 0.5) is 18.0 Å². The summed E-state index contributed by atoms with van der Waals surface area (Å²) in [6, 6.07) is 7.59. The summed E-state index contributed by atoms with van der Waals surface area (Å²) in [4.78, 5) is 14.7. The van der Waals surface area contributed by atoms with Crippen LogP contribution in [-0.4, -0.2) is 35.9 Å². The van der Waals surface area contributed by atoms with Crippen molar-refractivity contribution in [3.63, 3.8) is 0 Å². The minimum atomic E-state index is -0.744. The number of aliphatic hydroxyl groups excluding tert-OH is 1. The number of ether oxygens (including phenoxy) is 1. The number of carbonyl (C=O) groups is 1. The number of rotatable bonds is 7. The number of hydrogen-bond acceptors (Lipinski definition) is 3. The fourth-order valence-corrected chi connectivity index (χ4v) is 3.02. The van der Waals surface area contributed by atoms with Gasteiger partial charge in [-0.05, 0) is 47.4 Å². The number of aliphatic hydroxyl groups is 1. The number of alkyl carbamates (subject to hydrolysis) is 1. The number of hydrogen-bond donors (Lipinski definition) is 3. The molecule has 0 saturated carbocycles. The molecule has 8 heteroatoms. The van der Waals surface area contributed by atoms with Gasteiger partial charge in [-0.15, -0.1) is 0 Å².